The number of carbonyl (C=O) groups is 2. The van der Waals surface area contributed by atoms with E-state index < -0.39 is 115 Å². The third-order valence-electron chi connectivity index (χ3n) is 19.0. The van der Waals surface area contributed by atoms with Gasteiger partial charge in [-0.15, -0.1) is 0 Å². The van der Waals surface area contributed by atoms with Crippen LogP contribution in [0.3, 0.4) is 0 Å². The van der Waals surface area contributed by atoms with Crippen LogP contribution in [0.5, 0.6) is 0 Å². The number of carbonyl (C=O) groups excluding carboxylic acids is 2. The standard InChI is InChI=1S/C54H86O17/c1-14-26(2)50(58)68-41-22-37-36(54(59)20-18-35(28(4)55)53(41,54)10)16-15-33-21-34(17-19-52(33,37)9)67-42-24-39(61-12)48(31(7)64-42)70-44-25-40(62-13)49(32(8)65-44)71-51-45(56)27(3)47(30(6)66-51)69-43-23-38(60-11)46(57)29(5)63-43/h14-15,27,29-32,34-49,51,56-57,59H,16-25H2,1-13H3/b26-14+/t27?,29?,30?,31?,32?,34-,35?,36?,37?,38?,39?,40?,41+,42?,43?,44?,45?,46?,47?,48?,49?,51?,52-,53-,54-/m0/s1. The zero-order chi connectivity index (χ0) is 51.5. The van der Waals surface area contributed by atoms with Crippen LogP contribution >= 0.6 is 0 Å². The minimum Gasteiger partial charge on any atom is -0.458 e. The fourth-order valence-corrected chi connectivity index (χ4v) is 14.5. The fraction of sp³-hybridized carbons (Fsp3) is 0.889. The maximum atomic E-state index is 13.4. The quantitative estimate of drug-likeness (QED) is 0.106. The van der Waals surface area contributed by atoms with Crippen molar-refractivity contribution in [2.45, 2.75) is 250 Å². The van der Waals surface area contributed by atoms with Crippen LogP contribution in [0.1, 0.15) is 133 Å². The summed E-state index contributed by atoms with van der Waals surface area (Å²) in [6, 6.07) is 0. The molecule has 25 atom stereocenters. The van der Waals surface area contributed by atoms with Crippen molar-refractivity contribution in [3.8, 4) is 0 Å². The molecule has 4 saturated heterocycles. The van der Waals surface area contributed by atoms with Gasteiger partial charge in [-0.25, -0.2) is 4.79 Å². The fourth-order valence-electron chi connectivity index (χ4n) is 14.5. The average Bonchev–Trinajstić information content (AvgIpc) is 3.63. The first kappa shape index (κ1) is 55.3. The van der Waals surface area contributed by atoms with E-state index in [0.29, 0.717) is 50.5 Å². The first-order valence-corrected chi connectivity index (χ1v) is 26.6. The van der Waals surface area contributed by atoms with Crippen molar-refractivity contribution in [1.29, 1.82) is 0 Å². The van der Waals surface area contributed by atoms with E-state index in [2.05, 4.69) is 13.0 Å². The molecular formula is C54H86O17. The molecule has 0 radical (unpaired) electrons. The number of hydrogen-bond acceptors (Lipinski definition) is 17. The third-order valence-corrected chi connectivity index (χ3v) is 19.0. The normalized spacial score (nSPS) is 50.3. The van der Waals surface area contributed by atoms with Crippen LogP contribution in [0.15, 0.2) is 23.3 Å². The van der Waals surface area contributed by atoms with Gasteiger partial charge in [-0.3, -0.25) is 4.79 Å². The van der Waals surface area contributed by atoms with Crippen molar-refractivity contribution in [3.63, 3.8) is 0 Å². The van der Waals surface area contributed by atoms with E-state index >= 15 is 0 Å². The summed E-state index contributed by atoms with van der Waals surface area (Å²) in [5.41, 5.74) is -0.461. The topological polar surface area (TPSA) is 206 Å². The van der Waals surface area contributed by atoms with Crippen molar-refractivity contribution < 1.29 is 81.8 Å². The number of methoxy groups -OCH3 is 3. The molecule has 8 aliphatic rings. The average molecular weight is 1010 g/mol. The summed E-state index contributed by atoms with van der Waals surface area (Å²) in [4.78, 5) is 26.5. The molecule has 4 aliphatic heterocycles. The molecule has 0 amide bonds. The van der Waals surface area contributed by atoms with Crippen LogP contribution in [-0.4, -0.2) is 165 Å². The lowest BCUT2D eigenvalue weighted by atomic mass is 9.45. The Kier molecular flexibility index (Phi) is 17.1. The molecule has 3 N–H and O–H groups in total. The lowest BCUT2D eigenvalue weighted by molar-refractivity contribution is -0.357. The number of ketones is 1. The van der Waals surface area contributed by atoms with Gasteiger partial charge in [0.1, 0.15) is 36.3 Å². The largest absolute Gasteiger partial charge is 0.458 e. The molecule has 17 heteroatoms. The van der Waals surface area contributed by atoms with Crippen LogP contribution in [0, 0.1) is 34.5 Å². The maximum absolute atomic E-state index is 13.4. The number of Topliss-reactive ketones (excluding diaryl/α,β-unsaturated/α-hetero) is 1. The molecule has 0 aromatic rings. The number of ether oxygens (including phenoxy) is 12. The summed E-state index contributed by atoms with van der Waals surface area (Å²) < 4.78 is 75.4. The van der Waals surface area contributed by atoms with Gasteiger partial charge in [0.25, 0.3) is 0 Å². The first-order valence-electron chi connectivity index (χ1n) is 26.6. The Morgan fingerprint density at radius 1 is 0.690 bits per heavy atom. The second-order valence-electron chi connectivity index (χ2n) is 22.8. The zero-order valence-corrected chi connectivity index (χ0v) is 44.5. The molecule has 20 unspecified atom stereocenters. The van der Waals surface area contributed by atoms with Crippen molar-refractivity contribution in [2.75, 3.05) is 21.3 Å². The number of rotatable bonds is 14. The zero-order valence-electron chi connectivity index (χ0n) is 44.5. The van der Waals surface area contributed by atoms with Gasteiger partial charge >= 0.3 is 5.97 Å². The molecular weight excluding hydrogens is 921 g/mol. The summed E-state index contributed by atoms with van der Waals surface area (Å²) in [5.74, 6) is -1.13. The SMILES string of the molecule is C/C=C(\C)C(=O)O[C@@H]1CC2C(CC=C3C[C@@H](OC4CC(OC)C(OC5CC(OC)C(OC6OC(C)C(OC7CC(OC)C(O)C(C)O7)C(C)C6O)C(C)O5)C(C)O4)CC[C@@]32C)[C@@]2(O)CCC(C(C)=O)[C@@]12C. The maximum Gasteiger partial charge on any atom is 0.333 e. The van der Waals surface area contributed by atoms with E-state index in [1.54, 1.807) is 48.2 Å². The predicted octanol–water partition coefficient (Wildman–Crippen LogP) is 5.85. The highest BCUT2D eigenvalue weighted by Gasteiger charge is 2.71. The molecule has 4 aliphatic carbocycles. The van der Waals surface area contributed by atoms with E-state index in [0.717, 1.165) is 19.3 Å². The van der Waals surface area contributed by atoms with Crippen LogP contribution in [0.25, 0.3) is 0 Å². The number of aliphatic hydroxyl groups excluding tert-OH is 2. The van der Waals surface area contributed by atoms with E-state index in [4.69, 9.17) is 56.8 Å². The molecule has 0 aromatic carbocycles. The third kappa shape index (κ3) is 10.3. The molecule has 0 spiro atoms. The minimum atomic E-state index is -1.15. The molecule has 7 fully saturated rings. The predicted molar refractivity (Wildman–Crippen MR) is 256 cm³/mol. The Bertz CT molecular complexity index is 1930. The molecule has 3 saturated carbocycles. The van der Waals surface area contributed by atoms with Crippen LogP contribution < -0.4 is 0 Å². The highest BCUT2D eigenvalue weighted by molar-refractivity contribution is 5.88. The van der Waals surface area contributed by atoms with E-state index in [1.165, 1.54) is 5.57 Å². The van der Waals surface area contributed by atoms with Crippen molar-refractivity contribution >= 4 is 11.8 Å². The Labute approximate surface area is 421 Å². The molecule has 8 rings (SSSR count). The minimum absolute atomic E-state index is 0.0379. The summed E-state index contributed by atoms with van der Waals surface area (Å²) >= 11 is 0. The lowest BCUT2D eigenvalue weighted by Gasteiger charge is -2.63. The van der Waals surface area contributed by atoms with Gasteiger partial charge in [-0.05, 0) is 111 Å². The van der Waals surface area contributed by atoms with Crippen LogP contribution in [-0.2, 0) is 66.4 Å². The van der Waals surface area contributed by atoms with Crippen LogP contribution in [0.2, 0.25) is 0 Å². The highest BCUT2D eigenvalue weighted by atomic mass is 16.8. The van der Waals surface area contributed by atoms with Crippen molar-refractivity contribution in [3.05, 3.63) is 23.3 Å². The molecule has 71 heavy (non-hydrogen) atoms. The summed E-state index contributed by atoms with van der Waals surface area (Å²) in [6.45, 7) is 18.9. The lowest BCUT2D eigenvalue weighted by Crippen LogP contribution is -2.66. The van der Waals surface area contributed by atoms with Gasteiger partial charge in [0.05, 0.1) is 60.5 Å². The van der Waals surface area contributed by atoms with Gasteiger partial charge in [-0.1, -0.05) is 38.5 Å². The van der Waals surface area contributed by atoms with Gasteiger partial charge in [0, 0.05) is 63.4 Å². The van der Waals surface area contributed by atoms with Gasteiger partial charge < -0.3 is 72.2 Å². The van der Waals surface area contributed by atoms with Crippen molar-refractivity contribution in [1.82, 2.24) is 0 Å². The summed E-state index contributed by atoms with van der Waals surface area (Å²) in [7, 11) is 4.84. The number of esters is 1. The molecule has 4 heterocycles. The monoisotopic (exact) mass is 1010 g/mol. The van der Waals surface area contributed by atoms with E-state index in [1.807, 2.05) is 41.5 Å². The second-order valence-corrected chi connectivity index (χ2v) is 22.8. The molecule has 17 nitrogen and oxygen atoms in total. The molecule has 404 valence electrons. The summed E-state index contributed by atoms with van der Waals surface area (Å²) in [5, 5.41) is 34.8. The van der Waals surface area contributed by atoms with Gasteiger partial charge in [-0.2, -0.15) is 0 Å². The second kappa shape index (κ2) is 22.0. The van der Waals surface area contributed by atoms with Gasteiger partial charge in [0.15, 0.2) is 25.2 Å². The Morgan fingerprint density at radius 3 is 1.86 bits per heavy atom. The van der Waals surface area contributed by atoms with Crippen LogP contribution in [0.4, 0.5) is 0 Å². The Balaban J connectivity index is 0.858. The number of allylic oxidation sites excluding steroid dienone is 2. The Morgan fingerprint density at radius 2 is 1.25 bits per heavy atom. The van der Waals surface area contributed by atoms with Gasteiger partial charge in [0.2, 0.25) is 0 Å². The van der Waals surface area contributed by atoms with Crippen molar-refractivity contribution in [2.24, 2.45) is 34.5 Å². The number of hydrogen-bond donors (Lipinski definition) is 3. The number of fused-ring (bicyclic) bond motifs is 5. The number of aliphatic hydroxyl groups is 3. The Hall–Kier alpha value is -1.94. The van der Waals surface area contributed by atoms with E-state index in [9.17, 15) is 24.9 Å². The van der Waals surface area contributed by atoms with E-state index in [-0.39, 0.29) is 47.1 Å². The smallest absolute Gasteiger partial charge is 0.333 e. The summed E-state index contributed by atoms with van der Waals surface area (Å²) in [6.07, 6.45) is -0.0237. The molecule has 0 bridgehead atoms. The highest BCUT2D eigenvalue weighted by Crippen LogP contribution is 2.68. The first-order chi connectivity index (χ1) is 33.6. The molecule has 0 aromatic heterocycles.